The maximum Gasteiger partial charge on any atom is 0.320 e. The molecule has 0 radical (unpaired) electrons. The van der Waals surface area contributed by atoms with Crippen LogP contribution < -0.4 is 9.47 Å². The van der Waals surface area contributed by atoms with Crippen molar-refractivity contribution in [3.8, 4) is 11.5 Å². The number of nitrogens with zero attached hydrogens (tertiary/aromatic N) is 2. The molecule has 0 spiro atoms. The van der Waals surface area contributed by atoms with Gasteiger partial charge in [-0.05, 0) is 48.1 Å². The van der Waals surface area contributed by atoms with Crippen LogP contribution in [0.25, 0.3) is 10.8 Å². The van der Waals surface area contributed by atoms with Crippen LogP contribution in [0, 0.1) is 0 Å². The number of likely N-dealkylation sites (tertiary alicyclic amines) is 1. The first-order valence-corrected chi connectivity index (χ1v) is 9.66. The van der Waals surface area contributed by atoms with Crippen LogP contribution in [0.15, 0.2) is 54.9 Å². The summed E-state index contributed by atoms with van der Waals surface area (Å²) in [5.41, 5.74) is 1.95. The molecule has 0 saturated carbocycles. The van der Waals surface area contributed by atoms with Crippen molar-refractivity contribution >= 4 is 16.7 Å². The van der Waals surface area contributed by atoms with Crippen molar-refractivity contribution in [3.05, 3.63) is 66.0 Å². The SMILES string of the molecule is COc1ccc(C(c2ccc3cnccc3c2)N2CCCC2C(=O)O)c(OC)c1. The second-order valence-corrected chi connectivity index (χ2v) is 7.23. The van der Waals surface area contributed by atoms with Crippen LogP contribution in [0.2, 0.25) is 0 Å². The maximum absolute atomic E-state index is 11.9. The van der Waals surface area contributed by atoms with Gasteiger partial charge in [0.1, 0.15) is 17.5 Å². The van der Waals surface area contributed by atoms with Gasteiger partial charge in [0.25, 0.3) is 0 Å². The lowest BCUT2D eigenvalue weighted by Crippen LogP contribution is -2.39. The normalized spacial score (nSPS) is 17.9. The zero-order valence-corrected chi connectivity index (χ0v) is 16.5. The third-order valence-corrected chi connectivity index (χ3v) is 5.63. The van der Waals surface area contributed by atoms with Crippen molar-refractivity contribution < 1.29 is 19.4 Å². The summed E-state index contributed by atoms with van der Waals surface area (Å²) in [5.74, 6) is 0.593. The molecular formula is C23H24N2O4. The lowest BCUT2D eigenvalue weighted by Gasteiger charge is -2.33. The molecule has 1 N–H and O–H groups in total. The van der Waals surface area contributed by atoms with Crippen LogP contribution in [0.4, 0.5) is 0 Å². The van der Waals surface area contributed by atoms with Crippen molar-refractivity contribution in [1.82, 2.24) is 9.88 Å². The molecule has 150 valence electrons. The van der Waals surface area contributed by atoms with E-state index in [-0.39, 0.29) is 6.04 Å². The molecule has 6 heteroatoms. The number of fused-ring (bicyclic) bond motifs is 1. The number of hydrogen-bond acceptors (Lipinski definition) is 5. The Balaban J connectivity index is 1.88. The number of methoxy groups -OCH3 is 2. The van der Waals surface area contributed by atoms with E-state index in [9.17, 15) is 9.90 Å². The van der Waals surface area contributed by atoms with Gasteiger partial charge in [0.05, 0.1) is 20.3 Å². The quantitative estimate of drug-likeness (QED) is 0.686. The lowest BCUT2D eigenvalue weighted by molar-refractivity contribution is -0.142. The highest BCUT2D eigenvalue weighted by atomic mass is 16.5. The number of rotatable bonds is 6. The van der Waals surface area contributed by atoms with E-state index in [0.717, 1.165) is 28.3 Å². The maximum atomic E-state index is 11.9. The smallest absolute Gasteiger partial charge is 0.320 e. The largest absolute Gasteiger partial charge is 0.497 e. The number of hydrogen-bond donors (Lipinski definition) is 1. The Bertz CT molecular complexity index is 1040. The van der Waals surface area contributed by atoms with Gasteiger partial charge in [0.2, 0.25) is 0 Å². The summed E-state index contributed by atoms with van der Waals surface area (Å²) >= 11 is 0. The number of aliphatic carboxylic acids is 1. The molecule has 0 bridgehead atoms. The van der Waals surface area contributed by atoms with E-state index in [1.165, 1.54) is 0 Å². The molecule has 4 rings (SSSR count). The second kappa shape index (κ2) is 8.09. The van der Waals surface area contributed by atoms with Crippen LogP contribution in [-0.2, 0) is 4.79 Å². The van der Waals surface area contributed by atoms with E-state index in [1.54, 1.807) is 20.4 Å². The van der Waals surface area contributed by atoms with E-state index < -0.39 is 12.0 Å². The molecular weight excluding hydrogens is 368 g/mol. The predicted molar refractivity (Wildman–Crippen MR) is 110 cm³/mol. The molecule has 2 atom stereocenters. The Morgan fingerprint density at radius 2 is 2.00 bits per heavy atom. The van der Waals surface area contributed by atoms with Crippen molar-refractivity contribution in [2.24, 2.45) is 0 Å². The van der Waals surface area contributed by atoms with Crippen LogP contribution in [0.1, 0.15) is 30.0 Å². The number of pyridine rings is 1. The molecule has 1 saturated heterocycles. The lowest BCUT2D eigenvalue weighted by atomic mass is 9.93. The summed E-state index contributed by atoms with van der Waals surface area (Å²) in [7, 11) is 3.24. The molecule has 0 amide bonds. The first kappa shape index (κ1) is 19.2. The summed E-state index contributed by atoms with van der Waals surface area (Å²) in [5, 5.41) is 11.9. The van der Waals surface area contributed by atoms with Crippen molar-refractivity contribution in [3.63, 3.8) is 0 Å². The average Bonchev–Trinajstić information content (AvgIpc) is 3.24. The minimum absolute atomic E-state index is 0.239. The average molecular weight is 392 g/mol. The molecule has 3 aromatic rings. The van der Waals surface area contributed by atoms with Gasteiger partial charge in [0, 0.05) is 36.0 Å². The van der Waals surface area contributed by atoms with E-state index in [1.807, 2.05) is 36.5 Å². The zero-order valence-electron chi connectivity index (χ0n) is 16.5. The highest BCUT2D eigenvalue weighted by molar-refractivity contribution is 5.82. The fraction of sp³-hybridized carbons (Fsp3) is 0.304. The number of carboxylic acid groups (broad SMARTS) is 1. The monoisotopic (exact) mass is 392 g/mol. The Morgan fingerprint density at radius 3 is 2.76 bits per heavy atom. The summed E-state index contributed by atoms with van der Waals surface area (Å²) < 4.78 is 11.0. The molecule has 1 aliphatic heterocycles. The van der Waals surface area contributed by atoms with Gasteiger partial charge in [-0.1, -0.05) is 12.1 Å². The van der Waals surface area contributed by atoms with Gasteiger partial charge in [-0.25, -0.2) is 0 Å². The number of carboxylic acids is 1. The number of ether oxygens (including phenoxy) is 2. The Kier molecular flexibility index (Phi) is 5.36. The van der Waals surface area contributed by atoms with Gasteiger partial charge in [0.15, 0.2) is 0 Å². The number of aromatic nitrogens is 1. The number of benzene rings is 2. The molecule has 2 unspecified atom stereocenters. The first-order chi connectivity index (χ1) is 14.1. The second-order valence-electron chi connectivity index (χ2n) is 7.23. The Hall–Kier alpha value is -3.12. The molecule has 2 aromatic carbocycles. The molecule has 1 aliphatic rings. The standard InChI is InChI=1S/C23H24N2O4/c1-28-18-7-8-19(21(13-18)29-2)22(25-11-3-4-20(25)23(26)27)16-5-6-17-14-24-10-9-15(17)12-16/h5-10,12-14,20,22H,3-4,11H2,1-2H3,(H,26,27). The third kappa shape index (κ3) is 3.63. The topological polar surface area (TPSA) is 71.9 Å². The van der Waals surface area contributed by atoms with E-state index >= 15 is 0 Å². The van der Waals surface area contributed by atoms with Gasteiger partial charge in [-0.3, -0.25) is 14.7 Å². The van der Waals surface area contributed by atoms with E-state index in [0.29, 0.717) is 24.5 Å². The van der Waals surface area contributed by atoms with E-state index in [4.69, 9.17) is 9.47 Å². The van der Waals surface area contributed by atoms with Crippen LogP contribution >= 0.6 is 0 Å². The fourth-order valence-corrected chi connectivity index (χ4v) is 4.23. The van der Waals surface area contributed by atoms with Crippen LogP contribution in [0.3, 0.4) is 0 Å². The zero-order chi connectivity index (χ0) is 20.4. The van der Waals surface area contributed by atoms with Gasteiger partial charge < -0.3 is 14.6 Å². The van der Waals surface area contributed by atoms with Crippen molar-refractivity contribution in [1.29, 1.82) is 0 Å². The van der Waals surface area contributed by atoms with Crippen molar-refractivity contribution in [2.75, 3.05) is 20.8 Å². The molecule has 6 nitrogen and oxygen atoms in total. The fourth-order valence-electron chi connectivity index (χ4n) is 4.23. The van der Waals surface area contributed by atoms with E-state index in [2.05, 4.69) is 22.0 Å². The minimum atomic E-state index is -0.787. The molecule has 29 heavy (non-hydrogen) atoms. The Labute approximate surface area is 169 Å². The third-order valence-electron chi connectivity index (χ3n) is 5.63. The summed E-state index contributed by atoms with van der Waals surface area (Å²) in [6, 6.07) is 13.1. The minimum Gasteiger partial charge on any atom is -0.497 e. The highest BCUT2D eigenvalue weighted by Crippen LogP contribution is 2.41. The van der Waals surface area contributed by atoms with Crippen LogP contribution in [0.5, 0.6) is 11.5 Å². The molecule has 1 aromatic heterocycles. The molecule has 1 fully saturated rings. The molecule has 0 aliphatic carbocycles. The Morgan fingerprint density at radius 1 is 1.14 bits per heavy atom. The van der Waals surface area contributed by atoms with Gasteiger partial charge >= 0.3 is 5.97 Å². The number of carbonyl (C=O) groups is 1. The van der Waals surface area contributed by atoms with Gasteiger partial charge in [-0.2, -0.15) is 0 Å². The summed E-state index contributed by atoms with van der Waals surface area (Å²) in [6.07, 6.45) is 5.09. The highest BCUT2D eigenvalue weighted by Gasteiger charge is 2.38. The predicted octanol–water partition coefficient (Wildman–Crippen LogP) is 3.89. The molecule has 2 heterocycles. The first-order valence-electron chi connectivity index (χ1n) is 9.66. The van der Waals surface area contributed by atoms with Crippen LogP contribution in [-0.4, -0.2) is 47.8 Å². The van der Waals surface area contributed by atoms with Gasteiger partial charge in [-0.15, -0.1) is 0 Å². The summed E-state index contributed by atoms with van der Waals surface area (Å²) in [6.45, 7) is 0.713. The summed E-state index contributed by atoms with van der Waals surface area (Å²) in [4.78, 5) is 18.2. The van der Waals surface area contributed by atoms with Crippen molar-refractivity contribution in [2.45, 2.75) is 24.9 Å².